The Morgan fingerprint density at radius 3 is 2.47 bits per heavy atom. The molecule has 0 bridgehead atoms. The zero-order valence-corrected chi connectivity index (χ0v) is 18.4. The fourth-order valence-electron chi connectivity index (χ4n) is 4.02. The van der Waals surface area contributed by atoms with E-state index >= 15 is 0 Å². The largest absolute Gasteiger partial charge is 0.368 e. The van der Waals surface area contributed by atoms with Gasteiger partial charge >= 0.3 is 0 Å². The van der Waals surface area contributed by atoms with Gasteiger partial charge in [0.1, 0.15) is 6.04 Å². The van der Waals surface area contributed by atoms with E-state index in [9.17, 15) is 9.59 Å². The monoisotopic (exact) mass is 452 g/mol. The van der Waals surface area contributed by atoms with Crippen molar-refractivity contribution in [2.24, 2.45) is 5.73 Å². The van der Waals surface area contributed by atoms with E-state index < -0.39 is 11.9 Å². The van der Waals surface area contributed by atoms with Crippen molar-refractivity contribution in [2.75, 3.05) is 24.5 Å². The van der Waals surface area contributed by atoms with Crippen LogP contribution in [0.4, 0.5) is 5.69 Å². The maximum atomic E-state index is 12.9. The maximum absolute atomic E-state index is 12.9. The molecule has 3 aromatic rings. The fourth-order valence-corrected chi connectivity index (χ4v) is 4.15. The second-order valence-electron chi connectivity index (χ2n) is 7.77. The molecule has 4 rings (SSSR count). The second-order valence-corrected chi connectivity index (χ2v) is 8.20. The van der Waals surface area contributed by atoms with Crippen molar-refractivity contribution in [3.05, 3.63) is 77.1 Å². The molecule has 2 aromatic carbocycles. The summed E-state index contributed by atoms with van der Waals surface area (Å²) in [6.07, 6.45) is 4.18. The molecule has 8 nitrogen and oxygen atoms in total. The number of anilines is 1. The van der Waals surface area contributed by atoms with E-state index in [1.807, 2.05) is 48.5 Å². The molecule has 0 radical (unpaired) electrons. The van der Waals surface area contributed by atoms with Crippen LogP contribution in [0.2, 0.25) is 5.02 Å². The number of carbonyl (C=O) groups is 2. The van der Waals surface area contributed by atoms with E-state index in [1.54, 1.807) is 22.1 Å². The number of hydrogen-bond acceptors (Lipinski definition) is 5. The van der Waals surface area contributed by atoms with Crippen molar-refractivity contribution in [1.29, 1.82) is 0 Å². The zero-order valence-electron chi connectivity index (χ0n) is 17.6. The first-order chi connectivity index (χ1) is 15.5. The van der Waals surface area contributed by atoms with Gasteiger partial charge in [-0.05, 0) is 35.7 Å². The lowest BCUT2D eigenvalue weighted by molar-refractivity contribution is -0.139. The molecule has 1 saturated heterocycles. The predicted octanol–water partition coefficient (Wildman–Crippen LogP) is 2.12. The topological polar surface area (TPSA) is 97.3 Å². The molecule has 1 aromatic heterocycles. The van der Waals surface area contributed by atoms with Crippen LogP contribution in [0, 0.1) is 0 Å². The Balaban J connectivity index is 1.45. The Morgan fingerprint density at radius 1 is 1.03 bits per heavy atom. The number of carbonyl (C=O) groups excluding carboxylic acids is 2. The number of nitrogens with two attached hydrogens (primary N) is 1. The summed E-state index contributed by atoms with van der Waals surface area (Å²) < 4.78 is 0. The minimum atomic E-state index is -0.683. The van der Waals surface area contributed by atoms with Crippen LogP contribution >= 0.6 is 11.6 Å². The normalized spacial score (nSPS) is 16.2. The Labute approximate surface area is 191 Å². The molecule has 166 valence electrons. The molecule has 0 spiro atoms. The number of amides is 2. The minimum absolute atomic E-state index is 0.0718. The summed E-state index contributed by atoms with van der Waals surface area (Å²) in [7, 11) is 0. The first kappa shape index (κ1) is 21.8. The van der Waals surface area contributed by atoms with Crippen molar-refractivity contribution in [1.82, 2.24) is 19.9 Å². The van der Waals surface area contributed by atoms with E-state index in [2.05, 4.69) is 15.1 Å². The molecule has 2 heterocycles. The number of hydrogen-bond donors (Lipinski definition) is 1. The van der Waals surface area contributed by atoms with Crippen LogP contribution in [-0.2, 0) is 22.6 Å². The third-order valence-corrected chi connectivity index (χ3v) is 5.93. The zero-order chi connectivity index (χ0) is 22.5. The van der Waals surface area contributed by atoms with Crippen LogP contribution < -0.4 is 10.6 Å². The summed E-state index contributed by atoms with van der Waals surface area (Å²) in [6.45, 7) is 1.91. The number of para-hydroxylation sites is 1. The van der Waals surface area contributed by atoms with E-state index in [0.717, 1.165) is 16.8 Å². The lowest BCUT2D eigenvalue weighted by Crippen LogP contribution is -2.60. The van der Waals surface area contributed by atoms with Gasteiger partial charge in [0.15, 0.2) is 0 Å². The average molecular weight is 453 g/mol. The minimum Gasteiger partial charge on any atom is -0.368 e. The van der Waals surface area contributed by atoms with Crippen LogP contribution in [0.5, 0.6) is 0 Å². The number of primary amides is 1. The smallest absolute Gasteiger partial charge is 0.242 e. The molecule has 1 aliphatic rings. The van der Waals surface area contributed by atoms with Crippen LogP contribution in [0.25, 0.3) is 0 Å². The number of aryl methyl sites for hydroxylation is 1. The molecule has 0 aliphatic carbocycles. The molecule has 2 N–H and O–H groups in total. The Kier molecular flexibility index (Phi) is 6.70. The number of halogens is 1. The molecule has 1 aliphatic heterocycles. The van der Waals surface area contributed by atoms with Gasteiger partial charge in [0, 0.05) is 36.8 Å². The predicted molar refractivity (Wildman–Crippen MR) is 122 cm³/mol. The molecular formula is C23H25ClN6O2. The molecule has 1 unspecified atom stereocenters. The van der Waals surface area contributed by atoms with Crippen LogP contribution in [0.3, 0.4) is 0 Å². The van der Waals surface area contributed by atoms with Crippen LogP contribution in [-0.4, -0.2) is 57.4 Å². The summed E-state index contributed by atoms with van der Waals surface area (Å²) in [5.41, 5.74) is 8.76. The van der Waals surface area contributed by atoms with Gasteiger partial charge in [0.05, 0.1) is 18.9 Å². The standard InChI is InChI=1S/C23H25ClN6O2/c24-19-8-5-17(6-9-19)7-10-22(31)29-14-13-28(16-21(29)23(25)32)20-4-2-1-3-18(20)15-30-26-11-12-27-30/h1-6,8-9,11-12,21H,7,10,13-16H2,(H2,25,32). The Hall–Kier alpha value is -3.39. The number of rotatable bonds is 7. The van der Waals surface area contributed by atoms with E-state index in [1.165, 1.54) is 0 Å². The average Bonchev–Trinajstić information content (AvgIpc) is 3.31. The summed E-state index contributed by atoms with van der Waals surface area (Å²) in [5, 5.41) is 9.02. The number of benzene rings is 2. The highest BCUT2D eigenvalue weighted by atomic mass is 35.5. The van der Waals surface area contributed by atoms with Crippen LogP contribution in [0.15, 0.2) is 60.9 Å². The van der Waals surface area contributed by atoms with Crippen molar-refractivity contribution >= 4 is 29.1 Å². The molecule has 32 heavy (non-hydrogen) atoms. The van der Waals surface area contributed by atoms with Gasteiger partial charge in [-0.1, -0.05) is 41.9 Å². The fraction of sp³-hybridized carbons (Fsp3) is 0.304. The van der Waals surface area contributed by atoms with E-state index in [4.69, 9.17) is 17.3 Å². The van der Waals surface area contributed by atoms with E-state index in [0.29, 0.717) is 44.0 Å². The van der Waals surface area contributed by atoms with Gasteiger partial charge < -0.3 is 15.5 Å². The van der Waals surface area contributed by atoms with Crippen molar-refractivity contribution < 1.29 is 9.59 Å². The van der Waals surface area contributed by atoms with Crippen molar-refractivity contribution in [2.45, 2.75) is 25.4 Å². The van der Waals surface area contributed by atoms with E-state index in [-0.39, 0.29) is 5.91 Å². The number of nitrogens with zero attached hydrogens (tertiary/aromatic N) is 5. The number of aromatic nitrogens is 3. The summed E-state index contributed by atoms with van der Waals surface area (Å²) in [6, 6.07) is 14.7. The Bertz CT molecular complexity index is 1070. The molecule has 1 atom stereocenters. The van der Waals surface area contributed by atoms with Gasteiger partial charge in [0.25, 0.3) is 0 Å². The molecular weight excluding hydrogens is 428 g/mol. The number of piperazine rings is 1. The molecule has 0 saturated carbocycles. The molecule has 1 fully saturated rings. The first-order valence-electron chi connectivity index (χ1n) is 10.5. The second kappa shape index (κ2) is 9.82. The van der Waals surface area contributed by atoms with Crippen molar-refractivity contribution in [3.8, 4) is 0 Å². The van der Waals surface area contributed by atoms with Crippen LogP contribution in [0.1, 0.15) is 17.5 Å². The highest BCUT2D eigenvalue weighted by molar-refractivity contribution is 6.30. The van der Waals surface area contributed by atoms with Gasteiger partial charge in [0.2, 0.25) is 11.8 Å². The highest BCUT2D eigenvalue weighted by Gasteiger charge is 2.34. The van der Waals surface area contributed by atoms with Gasteiger partial charge in [-0.3, -0.25) is 9.59 Å². The summed E-state index contributed by atoms with van der Waals surface area (Å²) in [5.74, 6) is -0.571. The quantitative estimate of drug-likeness (QED) is 0.592. The van der Waals surface area contributed by atoms with Crippen molar-refractivity contribution in [3.63, 3.8) is 0 Å². The third-order valence-electron chi connectivity index (χ3n) is 5.68. The molecule has 9 heteroatoms. The van der Waals surface area contributed by atoms with Gasteiger partial charge in [-0.15, -0.1) is 0 Å². The lowest BCUT2D eigenvalue weighted by Gasteiger charge is -2.41. The summed E-state index contributed by atoms with van der Waals surface area (Å²) >= 11 is 5.93. The third kappa shape index (κ3) is 5.08. The SMILES string of the molecule is NC(=O)C1CN(c2ccccc2Cn2nccn2)CCN1C(=O)CCc1ccc(Cl)cc1. The molecule has 2 amide bonds. The summed E-state index contributed by atoms with van der Waals surface area (Å²) in [4.78, 5) is 30.5. The lowest BCUT2D eigenvalue weighted by atomic mass is 10.1. The Morgan fingerprint density at radius 2 is 1.75 bits per heavy atom. The highest BCUT2D eigenvalue weighted by Crippen LogP contribution is 2.25. The van der Waals surface area contributed by atoms with Gasteiger partial charge in [-0.2, -0.15) is 15.0 Å². The first-order valence-corrected chi connectivity index (χ1v) is 10.9. The maximum Gasteiger partial charge on any atom is 0.242 e. The van der Waals surface area contributed by atoms with Gasteiger partial charge in [-0.25, -0.2) is 0 Å².